The molecular formula is C16H14BrN3O2S2. The minimum atomic E-state index is -3.65. The topological polar surface area (TPSA) is 64.0 Å². The van der Waals surface area contributed by atoms with E-state index in [4.69, 9.17) is 0 Å². The fourth-order valence-electron chi connectivity index (χ4n) is 2.01. The van der Waals surface area contributed by atoms with Crippen LogP contribution in [0.25, 0.3) is 0 Å². The number of benzene rings is 2. The van der Waals surface area contributed by atoms with Crippen LogP contribution in [0.15, 0.2) is 80.3 Å². The van der Waals surface area contributed by atoms with Gasteiger partial charge in [0.1, 0.15) is 0 Å². The van der Waals surface area contributed by atoms with E-state index >= 15 is 0 Å². The second-order valence-electron chi connectivity index (χ2n) is 4.98. The zero-order valence-corrected chi connectivity index (χ0v) is 15.9. The fraction of sp³-hybridized carbons (Fsp3) is 0.0625. The minimum Gasteiger partial charge on any atom is -0.329 e. The van der Waals surface area contributed by atoms with Crippen LogP contribution in [0.5, 0.6) is 0 Å². The van der Waals surface area contributed by atoms with E-state index in [9.17, 15) is 8.42 Å². The summed E-state index contributed by atoms with van der Waals surface area (Å²) in [6.07, 6.45) is 3.55. The van der Waals surface area contributed by atoms with Crippen molar-refractivity contribution in [2.24, 2.45) is 7.05 Å². The molecule has 1 heterocycles. The molecular weight excluding hydrogens is 410 g/mol. The lowest BCUT2D eigenvalue weighted by Gasteiger charge is -2.12. The second kappa shape index (κ2) is 7.00. The highest BCUT2D eigenvalue weighted by atomic mass is 79.9. The van der Waals surface area contributed by atoms with E-state index in [0.717, 1.165) is 14.5 Å². The Bertz CT molecular complexity index is 953. The van der Waals surface area contributed by atoms with Crippen LogP contribution < -0.4 is 4.72 Å². The van der Waals surface area contributed by atoms with E-state index in [-0.39, 0.29) is 4.90 Å². The van der Waals surface area contributed by atoms with Gasteiger partial charge in [0.2, 0.25) is 0 Å². The average Bonchev–Trinajstić information content (AvgIpc) is 2.94. The van der Waals surface area contributed by atoms with Gasteiger partial charge in [0.25, 0.3) is 10.0 Å². The van der Waals surface area contributed by atoms with Crippen LogP contribution >= 0.6 is 27.7 Å². The van der Waals surface area contributed by atoms with Gasteiger partial charge < -0.3 is 4.57 Å². The summed E-state index contributed by atoms with van der Waals surface area (Å²) in [5.74, 6) is 0. The van der Waals surface area contributed by atoms with Gasteiger partial charge in [-0.3, -0.25) is 4.72 Å². The number of halogens is 1. The summed E-state index contributed by atoms with van der Waals surface area (Å²) in [4.78, 5) is 5.26. The van der Waals surface area contributed by atoms with Crippen LogP contribution in [0.2, 0.25) is 0 Å². The number of para-hydroxylation sites is 1. The fourth-order valence-corrected chi connectivity index (χ4v) is 4.31. The molecule has 0 aliphatic heterocycles. The Kier molecular flexibility index (Phi) is 4.98. The van der Waals surface area contributed by atoms with Crippen molar-refractivity contribution in [2.45, 2.75) is 14.9 Å². The Hall–Kier alpha value is -1.77. The number of hydrogen-bond acceptors (Lipinski definition) is 4. The first kappa shape index (κ1) is 17.1. The van der Waals surface area contributed by atoms with E-state index in [1.54, 1.807) is 42.6 Å². The molecule has 0 unspecified atom stereocenters. The Morgan fingerprint density at radius 3 is 2.50 bits per heavy atom. The lowest BCUT2D eigenvalue weighted by atomic mass is 10.3. The van der Waals surface area contributed by atoms with Crippen LogP contribution in [0.3, 0.4) is 0 Å². The lowest BCUT2D eigenvalue weighted by Crippen LogP contribution is -2.13. The molecule has 0 fully saturated rings. The molecule has 2 aromatic carbocycles. The molecule has 3 aromatic rings. The third-order valence-electron chi connectivity index (χ3n) is 3.23. The van der Waals surface area contributed by atoms with Gasteiger partial charge in [-0.2, -0.15) is 0 Å². The van der Waals surface area contributed by atoms with Crippen molar-refractivity contribution in [2.75, 3.05) is 4.72 Å². The third kappa shape index (κ3) is 3.82. The summed E-state index contributed by atoms with van der Waals surface area (Å²) < 4.78 is 30.5. The van der Waals surface area contributed by atoms with Gasteiger partial charge in [-0.1, -0.05) is 28.1 Å². The smallest absolute Gasteiger partial charge is 0.261 e. The van der Waals surface area contributed by atoms with Gasteiger partial charge in [-0.15, -0.1) is 0 Å². The van der Waals surface area contributed by atoms with E-state index in [2.05, 4.69) is 25.6 Å². The highest BCUT2D eigenvalue weighted by Crippen LogP contribution is 2.33. The summed E-state index contributed by atoms with van der Waals surface area (Å²) >= 11 is 4.71. The van der Waals surface area contributed by atoms with Gasteiger partial charge in [-0.05, 0) is 48.2 Å². The second-order valence-corrected chi connectivity index (χ2v) is 8.59. The van der Waals surface area contributed by atoms with Crippen molar-refractivity contribution in [3.8, 4) is 0 Å². The number of aromatic nitrogens is 2. The summed E-state index contributed by atoms with van der Waals surface area (Å²) in [6, 6.07) is 13.8. The Balaban J connectivity index is 1.90. The highest BCUT2D eigenvalue weighted by Gasteiger charge is 2.16. The number of hydrogen-bond donors (Lipinski definition) is 1. The van der Waals surface area contributed by atoms with Crippen LogP contribution in [0, 0.1) is 0 Å². The standard InChI is InChI=1S/C16H14BrN3O2S2/c1-20-11-10-18-16(20)23-15-5-3-2-4-14(15)19-24(21,22)13-8-6-12(17)7-9-13/h2-11,19H,1H3. The molecule has 1 aromatic heterocycles. The number of rotatable bonds is 5. The van der Waals surface area contributed by atoms with Crippen LogP contribution in [-0.4, -0.2) is 18.0 Å². The molecule has 24 heavy (non-hydrogen) atoms. The van der Waals surface area contributed by atoms with E-state index in [1.165, 1.54) is 11.8 Å². The third-order valence-corrected chi connectivity index (χ3v) is 6.30. The van der Waals surface area contributed by atoms with E-state index in [0.29, 0.717) is 5.69 Å². The van der Waals surface area contributed by atoms with Crippen molar-refractivity contribution in [1.82, 2.24) is 9.55 Å². The largest absolute Gasteiger partial charge is 0.329 e. The molecule has 8 heteroatoms. The average molecular weight is 424 g/mol. The van der Waals surface area contributed by atoms with Crippen LogP contribution in [-0.2, 0) is 17.1 Å². The minimum absolute atomic E-state index is 0.211. The van der Waals surface area contributed by atoms with Gasteiger partial charge >= 0.3 is 0 Å². The monoisotopic (exact) mass is 423 g/mol. The van der Waals surface area contributed by atoms with E-state index < -0.39 is 10.0 Å². The van der Waals surface area contributed by atoms with Gasteiger partial charge in [0.05, 0.1) is 10.6 Å². The maximum absolute atomic E-state index is 12.6. The molecule has 0 saturated heterocycles. The quantitative estimate of drug-likeness (QED) is 0.669. The van der Waals surface area contributed by atoms with Crippen molar-refractivity contribution in [3.05, 3.63) is 65.4 Å². The van der Waals surface area contributed by atoms with Crippen molar-refractivity contribution in [3.63, 3.8) is 0 Å². The molecule has 0 aliphatic rings. The summed E-state index contributed by atoms with van der Waals surface area (Å²) in [5, 5.41) is 0.783. The van der Waals surface area contributed by atoms with Gasteiger partial charge in [0, 0.05) is 28.8 Å². The predicted octanol–water partition coefficient (Wildman–Crippen LogP) is 4.13. The molecule has 0 aliphatic carbocycles. The van der Waals surface area contributed by atoms with Crippen LogP contribution in [0.1, 0.15) is 0 Å². The Labute approximate surface area is 153 Å². The molecule has 0 spiro atoms. The first-order valence-corrected chi connectivity index (χ1v) is 10.1. The highest BCUT2D eigenvalue weighted by molar-refractivity contribution is 9.10. The first-order valence-electron chi connectivity index (χ1n) is 6.98. The number of nitrogens with one attached hydrogen (secondary N) is 1. The number of aryl methyl sites for hydroxylation is 1. The van der Waals surface area contributed by atoms with Gasteiger partial charge in [-0.25, -0.2) is 13.4 Å². The number of nitrogens with zero attached hydrogens (tertiary/aromatic N) is 2. The van der Waals surface area contributed by atoms with Crippen molar-refractivity contribution >= 4 is 43.4 Å². The maximum Gasteiger partial charge on any atom is 0.261 e. The van der Waals surface area contributed by atoms with E-state index in [1.807, 2.05) is 29.9 Å². The number of anilines is 1. The Morgan fingerprint density at radius 1 is 1.12 bits per heavy atom. The summed E-state index contributed by atoms with van der Waals surface area (Å²) in [7, 11) is -1.76. The summed E-state index contributed by atoms with van der Waals surface area (Å²) in [5.41, 5.74) is 0.522. The maximum atomic E-state index is 12.6. The van der Waals surface area contributed by atoms with Crippen molar-refractivity contribution in [1.29, 1.82) is 0 Å². The molecule has 0 saturated carbocycles. The molecule has 0 atom stereocenters. The van der Waals surface area contributed by atoms with Crippen molar-refractivity contribution < 1.29 is 8.42 Å². The molecule has 124 valence electrons. The Morgan fingerprint density at radius 2 is 1.83 bits per heavy atom. The molecule has 1 N–H and O–H groups in total. The predicted molar refractivity (Wildman–Crippen MR) is 98.7 cm³/mol. The molecule has 0 bridgehead atoms. The normalized spacial score (nSPS) is 11.4. The van der Waals surface area contributed by atoms with Gasteiger partial charge in [0.15, 0.2) is 5.16 Å². The molecule has 0 radical (unpaired) electrons. The molecule has 0 amide bonds. The zero-order chi connectivity index (χ0) is 17.2. The summed E-state index contributed by atoms with van der Waals surface area (Å²) in [6.45, 7) is 0. The van der Waals surface area contributed by atoms with Crippen LogP contribution in [0.4, 0.5) is 5.69 Å². The molecule has 5 nitrogen and oxygen atoms in total. The zero-order valence-electron chi connectivity index (χ0n) is 12.7. The number of sulfonamides is 1. The lowest BCUT2D eigenvalue weighted by molar-refractivity contribution is 0.601. The molecule has 3 rings (SSSR count). The SMILES string of the molecule is Cn1ccnc1Sc1ccccc1NS(=O)(=O)c1ccc(Br)cc1. The first-order chi connectivity index (χ1) is 11.5. The number of imidazole rings is 1.